The summed E-state index contributed by atoms with van der Waals surface area (Å²) in [5.74, 6) is 1.54. The monoisotopic (exact) mass is 357 g/mol. The van der Waals surface area contributed by atoms with Crippen molar-refractivity contribution in [1.29, 1.82) is 0 Å². The molecule has 140 valence electrons. The Morgan fingerprint density at radius 1 is 1.12 bits per heavy atom. The number of allylic oxidation sites excluding steroid dienone is 2. The third-order valence-electron chi connectivity index (χ3n) is 5.09. The number of ether oxygens (including phenoxy) is 2. The van der Waals surface area contributed by atoms with Gasteiger partial charge in [-0.3, -0.25) is 4.79 Å². The molecule has 0 fully saturated rings. The minimum Gasteiger partial charge on any atom is -0.493 e. The van der Waals surface area contributed by atoms with Crippen LogP contribution < -0.4 is 15.2 Å². The van der Waals surface area contributed by atoms with Gasteiger partial charge in [0.05, 0.1) is 25.8 Å². The molecule has 0 saturated carbocycles. The molecule has 0 aromatic heterocycles. The van der Waals surface area contributed by atoms with E-state index in [1.807, 2.05) is 18.2 Å². The summed E-state index contributed by atoms with van der Waals surface area (Å²) in [5, 5.41) is 6.39. The van der Waals surface area contributed by atoms with Crippen molar-refractivity contribution in [2.45, 2.75) is 25.7 Å². The van der Waals surface area contributed by atoms with E-state index in [-0.39, 0.29) is 17.7 Å². The van der Waals surface area contributed by atoms with Crippen molar-refractivity contribution in [3.05, 3.63) is 35.9 Å². The minimum atomic E-state index is -0.0431. The third-order valence-corrected chi connectivity index (χ3v) is 5.09. The Labute approximate surface area is 154 Å². The first-order valence-electron chi connectivity index (χ1n) is 9.17. The fourth-order valence-electron chi connectivity index (χ4n) is 3.67. The number of unbranched alkanes of at least 4 members (excludes halogenated alkanes) is 1. The van der Waals surface area contributed by atoms with Crippen LogP contribution in [0.15, 0.2) is 35.5 Å². The molecule has 1 aliphatic heterocycles. The molecule has 2 unspecified atom stereocenters. The molecule has 26 heavy (non-hydrogen) atoms. The molecule has 0 saturated heterocycles. The van der Waals surface area contributed by atoms with E-state index in [9.17, 15) is 4.79 Å². The van der Waals surface area contributed by atoms with Gasteiger partial charge in [0.1, 0.15) is 0 Å². The maximum absolute atomic E-state index is 12.9. The highest BCUT2D eigenvalue weighted by molar-refractivity contribution is 6.07. The van der Waals surface area contributed by atoms with Crippen LogP contribution in [0.25, 0.3) is 0 Å². The van der Waals surface area contributed by atoms with E-state index in [4.69, 9.17) is 20.3 Å². The van der Waals surface area contributed by atoms with E-state index in [1.54, 1.807) is 19.2 Å². The largest absolute Gasteiger partial charge is 0.493 e. The molecule has 6 nitrogen and oxygen atoms in total. The van der Waals surface area contributed by atoms with Crippen LogP contribution in [0, 0.1) is 11.8 Å². The van der Waals surface area contributed by atoms with Crippen LogP contribution in [-0.2, 0) is 4.79 Å². The average Bonchev–Trinajstić information content (AvgIpc) is 2.69. The second kappa shape index (κ2) is 8.36. The Balaban J connectivity index is 1.96. The highest BCUT2D eigenvalue weighted by Crippen LogP contribution is 2.36. The standard InChI is InChI=1S/C20H27N3O3/c1-25-17-10-9-14(13-18(17)26-2)19-15-7-3-4-8-16(15)20(24)23(22-19)12-6-5-11-21/h3-4,9-10,13,15-16H,5-8,11-12,21H2,1-2H3. The van der Waals surface area contributed by atoms with Crippen LogP contribution >= 0.6 is 0 Å². The molecule has 0 radical (unpaired) electrons. The van der Waals surface area contributed by atoms with Gasteiger partial charge in [0.25, 0.3) is 0 Å². The number of benzene rings is 1. The Morgan fingerprint density at radius 3 is 2.54 bits per heavy atom. The second-order valence-corrected chi connectivity index (χ2v) is 6.67. The topological polar surface area (TPSA) is 77.1 Å². The lowest BCUT2D eigenvalue weighted by molar-refractivity contribution is -0.137. The number of nitrogens with two attached hydrogens (primary N) is 1. The lowest BCUT2D eigenvalue weighted by Crippen LogP contribution is -2.45. The molecule has 3 rings (SSSR count). The Morgan fingerprint density at radius 2 is 1.85 bits per heavy atom. The Kier molecular flexibility index (Phi) is 5.93. The first-order valence-corrected chi connectivity index (χ1v) is 9.17. The van der Waals surface area contributed by atoms with E-state index in [0.717, 1.165) is 37.0 Å². The molecule has 6 heteroatoms. The van der Waals surface area contributed by atoms with Gasteiger partial charge in [-0.05, 0) is 50.4 Å². The lowest BCUT2D eigenvalue weighted by atomic mass is 9.76. The summed E-state index contributed by atoms with van der Waals surface area (Å²) < 4.78 is 10.8. The molecule has 1 aliphatic carbocycles. The molecule has 2 atom stereocenters. The summed E-state index contributed by atoms with van der Waals surface area (Å²) in [5.41, 5.74) is 7.52. The van der Waals surface area contributed by atoms with Crippen molar-refractivity contribution in [2.24, 2.45) is 22.7 Å². The summed E-state index contributed by atoms with van der Waals surface area (Å²) in [6.07, 6.45) is 7.60. The van der Waals surface area contributed by atoms with E-state index in [2.05, 4.69) is 12.2 Å². The quantitative estimate of drug-likeness (QED) is 0.601. The number of hydrazone groups is 1. The van der Waals surface area contributed by atoms with Gasteiger partial charge in [-0.15, -0.1) is 0 Å². The van der Waals surface area contributed by atoms with Crippen molar-refractivity contribution in [3.63, 3.8) is 0 Å². The zero-order chi connectivity index (χ0) is 18.5. The predicted molar refractivity (Wildman–Crippen MR) is 101 cm³/mol. The first-order chi connectivity index (χ1) is 12.7. The van der Waals surface area contributed by atoms with E-state index in [1.165, 1.54) is 0 Å². The van der Waals surface area contributed by atoms with Crippen LogP contribution in [0.1, 0.15) is 31.2 Å². The molecule has 1 aromatic rings. The van der Waals surface area contributed by atoms with E-state index >= 15 is 0 Å². The van der Waals surface area contributed by atoms with Crippen molar-refractivity contribution < 1.29 is 14.3 Å². The number of hydrogen-bond donors (Lipinski definition) is 1. The maximum atomic E-state index is 12.9. The van der Waals surface area contributed by atoms with Crippen molar-refractivity contribution in [1.82, 2.24) is 5.01 Å². The molecule has 1 aromatic carbocycles. The first kappa shape index (κ1) is 18.5. The predicted octanol–water partition coefficient (Wildman–Crippen LogP) is 2.57. The number of rotatable bonds is 7. The summed E-state index contributed by atoms with van der Waals surface area (Å²) in [7, 11) is 3.24. The zero-order valence-corrected chi connectivity index (χ0v) is 15.5. The van der Waals surface area contributed by atoms with Crippen LogP contribution in [0.3, 0.4) is 0 Å². The van der Waals surface area contributed by atoms with Crippen molar-refractivity contribution >= 4 is 11.6 Å². The number of carbonyl (C=O) groups is 1. The SMILES string of the molecule is COc1ccc(C2=NN(CCCCN)C(=O)C3CC=CCC23)cc1OC. The Hall–Kier alpha value is -2.34. The van der Waals surface area contributed by atoms with Crippen LogP contribution in [0.2, 0.25) is 0 Å². The number of amides is 1. The van der Waals surface area contributed by atoms with Gasteiger partial charge in [0, 0.05) is 18.0 Å². The van der Waals surface area contributed by atoms with Gasteiger partial charge in [0.2, 0.25) is 5.91 Å². The molecule has 1 heterocycles. The molecular weight excluding hydrogens is 330 g/mol. The highest BCUT2D eigenvalue weighted by Gasteiger charge is 2.39. The van der Waals surface area contributed by atoms with Crippen molar-refractivity contribution in [2.75, 3.05) is 27.3 Å². The molecule has 0 bridgehead atoms. The summed E-state index contributed by atoms with van der Waals surface area (Å²) in [4.78, 5) is 12.9. The normalized spacial score (nSPS) is 22.0. The van der Waals surface area contributed by atoms with Gasteiger partial charge in [0.15, 0.2) is 11.5 Å². The number of hydrogen-bond acceptors (Lipinski definition) is 5. The van der Waals surface area contributed by atoms with Gasteiger partial charge < -0.3 is 15.2 Å². The summed E-state index contributed by atoms with van der Waals surface area (Å²) in [6, 6.07) is 5.82. The average molecular weight is 357 g/mol. The third kappa shape index (κ3) is 3.60. The van der Waals surface area contributed by atoms with Gasteiger partial charge >= 0.3 is 0 Å². The van der Waals surface area contributed by atoms with Crippen LogP contribution in [0.4, 0.5) is 0 Å². The number of carbonyl (C=O) groups excluding carboxylic acids is 1. The van der Waals surface area contributed by atoms with Gasteiger partial charge in [-0.1, -0.05) is 12.2 Å². The van der Waals surface area contributed by atoms with Gasteiger partial charge in [-0.25, -0.2) is 5.01 Å². The summed E-state index contributed by atoms with van der Waals surface area (Å²) >= 11 is 0. The summed E-state index contributed by atoms with van der Waals surface area (Å²) in [6.45, 7) is 1.24. The van der Waals surface area contributed by atoms with Crippen LogP contribution in [0.5, 0.6) is 11.5 Å². The molecular formula is C20H27N3O3. The minimum absolute atomic E-state index is 0.0431. The Bertz CT molecular complexity index is 714. The second-order valence-electron chi connectivity index (χ2n) is 6.67. The number of nitrogens with zero attached hydrogens (tertiary/aromatic N) is 2. The molecule has 0 spiro atoms. The number of fused-ring (bicyclic) bond motifs is 1. The highest BCUT2D eigenvalue weighted by atomic mass is 16.5. The molecule has 2 aliphatic rings. The molecule has 2 N–H and O–H groups in total. The van der Waals surface area contributed by atoms with Crippen molar-refractivity contribution in [3.8, 4) is 11.5 Å². The van der Waals surface area contributed by atoms with Crippen LogP contribution in [-0.4, -0.2) is 43.9 Å². The lowest BCUT2D eigenvalue weighted by Gasteiger charge is -2.37. The van der Waals surface area contributed by atoms with Gasteiger partial charge in [-0.2, -0.15) is 5.10 Å². The maximum Gasteiger partial charge on any atom is 0.246 e. The van der Waals surface area contributed by atoms with E-state index in [0.29, 0.717) is 24.6 Å². The fraction of sp³-hybridized carbons (Fsp3) is 0.500. The molecule has 1 amide bonds. The zero-order valence-electron chi connectivity index (χ0n) is 15.5. The fourth-order valence-corrected chi connectivity index (χ4v) is 3.67. The van der Waals surface area contributed by atoms with E-state index < -0.39 is 0 Å². The smallest absolute Gasteiger partial charge is 0.246 e. The number of methoxy groups -OCH3 is 2.